The van der Waals surface area contributed by atoms with Crippen LogP contribution in [0.1, 0.15) is 32.8 Å². The Morgan fingerprint density at radius 3 is 1.97 bits per heavy atom. The molecule has 0 aliphatic heterocycles. The number of aliphatic hydroxyl groups excluding tert-OH is 2. The second-order valence-corrected chi connectivity index (χ2v) is 8.15. The minimum absolute atomic E-state index is 0.0000673. The van der Waals surface area contributed by atoms with Crippen molar-refractivity contribution in [3.8, 4) is 5.75 Å². The molecule has 34 heavy (non-hydrogen) atoms. The van der Waals surface area contributed by atoms with Crippen LogP contribution in [0.2, 0.25) is 0 Å². The van der Waals surface area contributed by atoms with Crippen LogP contribution in [0.25, 0.3) is 0 Å². The Kier molecular flexibility index (Phi) is 11.4. The molecular weight excluding hydrogens is 448 g/mol. The second kappa shape index (κ2) is 13.5. The lowest BCUT2D eigenvalue weighted by atomic mass is 9.97. The number of amides is 3. The molecule has 6 unspecified atom stereocenters. The average molecular weight is 483 g/mol. The minimum atomic E-state index is -1.48. The highest BCUT2D eigenvalue weighted by molar-refractivity contribution is 5.94. The van der Waals surface area contributed by atoms with Crippen LogP contribution in [0, 0.1) is 5.92 Å². The fourth-order valence-electron chi connectivity index (χ4n) is 2.97. The van der Waals surface area contributed by atoms with Crippen LogP contribution < -0.4 is 21.7 Å². The van der Waals surface area contributed by atoms with E-state index in [-0.39, 0.29) is 18.1 Å². The molecule has 0 fully saturated rings. The van der Waals surface area contributed by atoms with Gasteiger partial charge in [-0.25, -0.2) is 4.79 Å². The molecule has 12 heteroatoms. The van der Waals surface area contributed by atoms with Crippen molar-refractivity contribution in [3.05, 3.63) is 29.8 Å². The Balaban J connectivity index is 2.91. The zero-order valence-electron chi connectivity index (χ0n) is 19.4. The number of nitrogens with two attached hydrogens (primary N) is 1. The Morgan fingerprint density at radius 2 is 1.50 bits per heavy atom. The van der Waals surface area contributed by atoms with Gasteiger partial charge < -0.3 is 42.1 Å². The summed E-state index contributed by atoms with van der Waals surface area (Å²) in [5, 5.41) is 45.0. The zero-order chi connectivity index (χ0) is 26.0. The van der Waals surface area contributed by atoms with Gasteiger partial charge in [-0.1, -0.05) is 32.4 Å². The van der Waals surface area contributed by atoms with Crippen molar-refractivity contribution in [1.82, 2.24) is 16.0 Å². The third-order valence-electron chi connectivity index (χ3n) is 5.42. The molecule has 1 rings (SSSR count). The van der Waals surface area contributed by atoms with E-state index in [1.165, 1.54) is 31.2 Å². The monoisotopic (exact) mass is 482 g/mol. The number of hydrogen-bond donors (Lipinski definition) is 8. The molecule has 0 bridgehead atoms. The van der Waals surface area contributed by atoms with Gasteiger partial charge in [0.05, 0.1) is 12.7 Å². The average Bonchev–Trinajstić information content (AvgIpc) is 2.80. The van der Waals surface area contributed by atoms with Crippen LogP contribution >= 0.6 is 0 Å². The van der Waals surface area contributed by atoms with Gasteiger partial charge in [0.25, 0.3) is 0 Å². The molecule has 12 nitrogen and oxygen atoms in total. The first-order chi connectivity index (χ1) is 15.9. The van der Waals surface area contributed by atoms with E-state index in [9.17, 15) is 39.6 Å². The molecule has 3 amide bonds. The summed E-state index contributed by atoms with van der Waals surface area (Å²) >= 11 is 0. The van der Waals surface area contributed by atoms with E-state index >= 15 is 0 Å². The molecule has 0 aliphatic rings. The number of carboxylic acids is 1. The van der Waals surface area contributed by atoms with Crippen molar-refractivity contribution >= 4 is 23.7 Å². The van der Waals surface area contributed by atoms with E-state index in [0.717, 1.165) is 0 Å². The molecule has 190 valence electrons. The molecule has 0 saturated carbocycles. The fourth-order valence-corrected chi connectivity index (χ4v) is 2.97. The molecule has 9 N–H and O–H groups in total. The van der Waals surface area contributed by atoms with Crippen molar-refractivity contribution in [1.29, 1.82) is 0 Å². The lowest BCUT2D eigenvalue weighted by molar-refractivity contribution is -0.142. The van der Waals surface area contributed by atoms with Crippen LogP contribution in [0.5, 0.6) is 5.75 Å². The topological polar surface area (TPSA) is 211 Å². The van der Waals surface area contributed by atoms with Gasteiger partial charge in [-0.05, 0) is 30.5 Å². The van der Waals surface area contributed by atoms with E-state index in [0.29, 0.717) is 12.0 Å². The van der Waals surface area contributed by atoms with Gasteiger partial charge in [0, 0.05) is 6.42 Å². The van der Waals surface area contributed by atoms with Crippen molar-refractivity contribution in [2.24, 2.45) is 11.7 Å². The standard InChI is InChI=1S/C22H34N4O8/c1-4-11(2)18(26-20(31)17(23)12(3)28)21(32)25-16(10-27)19(30)24-15(22(33)34)9-13-5-7-14(29)8-6-13/h5-8,11-12,15-18,27-29H,4,9-10,23H2,1-3H3,(H,24,30)(H,25,32)(H,26,31)(H,33,34). The summed E-state index contributed by atoms with van der Waals surface area (Å²) in [5.74, 6) is -4.19. The summed E-state index contributed by atoms with van der Waals surface area (Å²) < 4.78 is 0. The van der Waals surface area contributed by atoms with Crippen molar-refractivity contribution < 1.29 is 39.6 Å². The molecule has 0 aromatic heterocycles. The van der Waals surface area contributed by atoms with E-state index in [4.69, 9.17) is 5.73 Å². The van der Waals surface area contributed by atoms with Crippen molar-refractivity contribution in [2.45, 2.75) is 63.9 Å². The van der Waals surface area contributed by atoms with E-state index in [1.807, 2.05) is 0 Å². The molecule has 0 spiro atoms. The van der Waals surface area contributed by atoms with Gasteiger partial charge in [-0.3, -0.25) is 14.4 Å². The fraction of sp³-hybridized carbons (Fsp3) is 0.545. The summed E-state index contributed by atoms with van der Waals surface area (Å²) in [6, 6.07) is 0.517. The Hall–Kier alpha value is -3.22. The highest BCUT2D eigenvalue weighted by atomic mass is 16.4. The summed E-state index contributed by atoms with van der Waals surface area (Å²) in [5.41, 5.74) is 6.14. The summed E-state index contributed by atoms with van der Waals surface area (Å²) in [4.78, 5) is 49.3. The largest absolute Gasteiger partial charge is 0.508 e. The minimum Gasteiger partial charge on any atom is -0.508 e. The molecular formula is C22H34N4O8. The number of aliphatic carboxylic acids is 1. The highest BCUT2D eigenvalue weighted by Crippen LogP contribution is 2.12. The van der Waals surface area contributed by atoms with Crippen LogP contribution in [-0.4, -0.2) is 81.0 Å². The number of aromatic hydroxyl groups is 1. The van der Waals surface area contributed by atoms with Crippen LogP contribution in [0.15, 0.2) is 24.3 Å². The smallest absolute Gasteiger partial charge is 0.326 e. The maximum Gasteiger partial charge on any atom is 0.326 e. The van der Waals surface area contributed by atoms with E-state index in [1.54, 1.807) is 13.8 Å². The van der Waals surface area contributed by atoms with E-state index < -0.39 is 60.6 Å². The SMILES string of the molecule is CCC(C)C(NC(=O)C(N)C(C)O)C(=O)NC(CO)C(=O)NC(Cc1ccc(O)cc1)C(=O)O. The maximum atomic E-state index is 12.8. The van der Waals surface area contributed by atoms with Gasteiger partial charge in [0.2, 0.25) is 17.7 Å². The summed E-state index contributed by atoms with van der Waals surface area (Å²) in [6.07, 6.45) is -0.777. The summed E-state index contributed by atoms with van der Waals surface area (Å²) in [6.45, 7) is 3.97. The first-order valence-electron chi connectivity index (χ1n) is 10.9. The van der Waals surface area contributed by atoms with Crippen LogP contribution in [0.3, 0.4) is 0 Å². The third kappa shape index (κ3) is 8.61. The van der Waals surface area contributed by atoms with Crippen LogP contribution in [0.4, 0.5) is 0 Å². The lowest BCUT2D eigenvalue weighted by Gasteiger charge is -2.27. The first-order valence-corrected chi connectivity index (χ1v) is 10.9. The third-order valence-corrected chi connectivity index (χ3v) is 5.42. The Bertz CT molecular complexity index is 846. The second-order valence-electron chi connectivity index (χ2n) is 8.15. The van der Waals surface area contributed by atoms with E-state index in [2.05, 4.69) is 16.0 Å². The van der Waals surface area contributed by atoms with Gasteiger partial charge in [-0.2, -0.15) is 0 Å². The number of phenolic OH excluding ortho intramolecular Hbond substituents is 1. The number of benzene rings is 1. The normalized spacial score (nSPS) is 16.3. The van der Waals surface area contributed by atoms with Gasteiger partial charge in [0.1, 0.15) is 29.9 Å². The molecule has 1 aromatic rings. The first kappa shape index (κ1) is 28.8. The maximum absolute atomic E-state index is 12.8. The van der Waals surface area contributed by atoms with Gasteiger partial charge in [-0.15, -0.1) is 0 Å². The molecule has 0 saturated heterocycles. The number of carbonyl (C=O) groups excluding carboxylic acids is 3. The zero-order valence-corrected chi connectivity index (χ0v) is 19.4. The number of carboxylic acid groups (broad SMARTS) is 1. The van der Waals surface area contributed by atoms with Gasteiger partial charge in [0.15, 0.2) is 0 Å². The van der Waals surface area contributed by atoms with Gasteiger partial charge >= 0.3 is 5.97 Å². The number of nitrogens with one attached hydrogen (secondary N) is 3. The quantitative estimate of drug-likeness (QED) is 0.159. The number of rotatable bonds is 13. The molecule has 1 aromatic carbocycles. The van der Waals surface area contributed by atoms with Crippen LogP contribution in [-0.2, 0) is 25.6 Å². The molecule has 6 atom stereocenters. The molecule has 0 radical (unpaired) electrons. The highest BCUT2D eigenvalue weighted by Gasteiger charge is 2.33. The number of carbonyl (C=O) groups is 4. The number of hydrogen-bond acceptors (Lipinski definition) is 8. The summed E-state index contributed by atoms with van der Waals surface area (Å²) in [7, 11) is 0. The van der Waals surface area contributed by atoms with Crippen molar-refractivity contribution in [2.75, 3.05) is 6.61 Å². The Labute approximate surface area is 197 Å². The Morgan fingerprint density at radius 1 is 0.941 bits per heavy atom. The molecule has 0 aliphatic carbocycles. The predicted octanol–water partition coefficient (Wildman–Crippen LogP) is -1.78. The predicted molar refractivity (Wildman–Crippen MR) is 121 cm³/mol. The van der Waals surface area contributed by atoms with Crippen molar-refractivity contribution in [3.63, 3.8) is 0 Å². The number of phenols is 1. The molecule has 0 heterocycles. The number of aliphatic hydroxyl groups is 2. The lowest BCUT2D eigenvalue weighted by Crippen LogP contribution is -2.60.